The van der Waals surface area contributed by atoms with Crippen LogP contribution >= 0.6 is 12.4 Å². The highest BCUT2D eigenvalue weighted by Gasteiger charge is 2.14. The number of rotatable bonds is 3. The van der Waals surface area contributed by atoms with Crippen LogP contribution < -0.4 is 10.1 Å². The van der Waals surface area contributed by atoms with Crippen molar-refractivity contribution in [1.29, 1.82) is 0 Å². The molecule has 1 N–H and O–H groups in total. The first kappa shape index (κ1) is 14.3. The number of hydrogen-bond acceptors (Lipinski definition) is 2. The third-order valence-corrected chi connectivity index (χ3v) is 3.06. The minimum absolute atomic E-state index is 0. The zero-order valence-corrected chi connectivity index (χ0v) is 11.4. The number of halogens is 1. The fourth-order valence-electron chi connectivity index (χ4n) is 2.25. The van der Waals surface area contributed by atoms with Crippen molar-refractivity contribution in [2.45, 2.75) is 38.7 Å². The van der Waals surface area contributed by atoms with Crippen LogP contribution in [-0.2, 0) is 0 Å². The van der Waals surface area contributed by atoms with Crippen molar-refractivity contribution < 1.29 is 4.74 Å². The van der Waals surface area contributed by atoms with Gasteiger partial charge in [-0.25, -0.2) is 0 Å². The Hall–Kier alpha value is -0.730. The van der Waals surface area contributed by atoms with Crippen molar-refractivity contribution in [3.8, 4) is 5.75 Å². The smallest absolute Gasteiger partial charge is 0.119 e. The maximum absolute atomic E-state index is 5.64. The largest absolute Gasteiger partial charge is 0.491 e. The van der Waals surface area contributed by atoms with Crippen LogP contribution in [0.1, 0.15) is 38.2 Å². The molecule has 0 aromatic heterocycles. The molecule has 1 aliphatic rings. The van der Waals surface area contributed by atoms with Crippen LogP contribution in [0.25, 0.3) is 0 Å². The maximum atomic E-state index is 5.64. The summed E-state index contributed by atoms with van der Waals surface area (Å²) >= 11 is 0. The first-order valence-electron chi connectivity index (χ1n) is 6.23. The van der Waals surface area contributed by atoms with Crippen molar-refractivity contribution in [1.82, 2.24) is 5.32 Å². The molecule has 1 fully saturated rings. The van der Waals surface area contributed by atoms with E-state index < -0.39 is 0 Å². The summed E-state index contributed by atoms with van der Waals surface area (Å²) in [5, 5.41) is 3.40. The lowest BCUT2D eigenvalue weighted by Crippen LogP contribution is -2.26. The average molecular weight is 256 g/mol. The standard InChI is InChI=1S/C14H21NO.ClH/c1-11(2)16-14-5-3-12(4-6-14)13-7-9-15-10-8-13;/h3-6,11,13,15H,7-10H2,1-2H3;1H. The molecule has 1 aliphatic heterocycles. The molecule has 0 amide bonds. The Morgan fingerprint density at radius 3 is 2.24 bits per heavy atom. The third kappa shape index (κ3) is 4.21. The van der Waals surface area contributed by atoms with Gasteiger partial charge in [-0.15, -0.1) is 12.4 Å². The van der Waals surface area contributed by atoms with E-state index in [1.165, 1.54) is 18.4 Å². The molecule has 3 heteroatoms. The molecule has 17 heavy (non-hydrogen) atoms. The van der Waals surface area contributed by atoms with E-state index in [1.807, 2.05) is 0 Å². The van der Waals surface area contributed by atoms with Crippen LogP contribution in [-0.4, -0.2) is 19.2 Å². The molecule has 0 saturated carbocycles. The van der Waals surface area contributed by atoms with Crippen molar-refractivity contribution in [2.24, 2.45) is 0 Å². The highest BCUT2D eigenvalue weighted by atomic mass is 35.5. The molecular formula is C14H22ClNO. The first-order valence-corrected chi connectivity index (χ1v) is 6.23. The van der Waals surface area contributed by atoms with Crippen molar-refractivity contribution in [3.63, 3.8) is 0 Å². The zero-order valence-electron chi connectivity index (χ0n) is 10.6. The Kier molecular flexibility index (Phi) is 5.79. The van der Waals surface area contributed by atoms with Gasteiger partial charge < -0.3 is 10.1 Å². The van der Waals surface area contributed by atoms with E-state index in [-0.39, 0.29) is 18.5 Å². The molecule has 0 spiro atoms. The van der Waals surface area contributed by atoms with E-state index in [0.29, 0.717) is 0 Å². The molecule has 2 rings (SSSR count). The number of nitrogens with one attached hydrogen (secondary N) is 1. The Bertz CT molecular complexity index is 317. The fourth-order valence-corrected chi connectivity index (χ4v) is 2.25. The predicted molar refractivity (Wildman–Crippen MR) is 74.3 cm³/mol. The molecule has 0 unspecified atom stereocenters. The SMILES string of the molecule is CC(C)Oc1ccc(C2CCNCC2)cc1.Cl. The van der Waals surface area contributed by atoms with E-state index in [1.54, 1.807) is 0 Å². The second kappa shape index (κ2) is 6.87. The summed E-state index contributed by atoms with van der Waals surface area (Å²) in [5.74, 6) is 1.71. The minimum atomic E-state index is 0. The Labute approximate surface area is 110 Å². The molecule has 0 aliphatic carbocycles. The monoisotopic (exact) mass is 255 g/mol. The predicted octanol–water partition coefficient (Wildman–Crippen LogP) is 3.36. The molecule has 1 aromatic rings. The third-order valence-electron chi connectivity index (χ3n) is 3.06. The lowest BCUT2D eigenvalue weighted by Gasteiger charge is -2.23. The molecule has 2 nitrogen and oxygen atoms in total. The van der Waals surface area contributed by atoms with E-state index in [2.05, 4.69) is 43.4 Å². The van der Waals surface area contributed by atoms with Gasteiger partial charge in [0.15, 0.2) is 0 Å². The van der Waals surface area contributed by atoms with Crippen LogP contribution in [0, 0.1) is 0 Å². The summed E-state index contributed by atoms with van der Waals surface area (Å²) in [6.45, 7) is 6.41. The molecule has 0 radical (unpaired) electrons. The lowest BCUT2D eigenvalue weighted by atomic mass is 9.90. The fraction of sp³-hybridized carbons (Fsp3) is 0.571. The molecular weight excluding hydrogens is 234 g/mol. The van der Waals surface area contributed by atoms with E-state index in [4.69, 9.17) is 4.74 Å². The molecule has 1 saturated heterocycles. The molecule has 1 heterocycles. The number of piperidine rings is 1. The van der Waals surface area contributed by atoms with Gasteiger partial charge in [0.05, 0.1) is 6.10 Å². The Morgan fingerprint density at radius 1 is 1.12 bits per heavy atom. The number of ether oxygens (including phenoxy) is 1. The van der Waals surface area contributed by atoms with Crippen LogP contribution in [0.15, 0.2) is 24.3 Å². The lowest BCUT2D eigenvalue weighted by molar-refractivity contribution is 0.242. The van der Waals surface area contributed by atoms with Crippen LogP contribution in [0.4, 0.5) is 0 Å². The van der Waals surface area contributed by atoms with Gasteiger partial charge in [0.25, 0.3) is 0 Å². The first-order chi connectivity index (χ1) is 7.75. The van der Waals surface area contributed by atoms with Crippen LogP contribution in [0.2, 0.25) is 0 Å². The summed E-state index contributed by atoms with van der Waals surface area (Å²) in [6, 6.07) is 8.62. The summed E-state index contributed by atoms with van der Waals surface area (Å²) in [6.07, 6.45) is 2.76. The summed E-state index contributed by atoms with van der Waals surface area (Å²) in [7, 11) is 0. The van der Waals surface area contributed by atoms with E-state index in [0.717, 1.165) is 24.8 Å². The van der Waals surface area contributed by atoms with Gasteiger partial charge >= 0.3 is 0 Å². The average Bonchev–Trinajstić information content (AvgIpc) is 2.30. The van der Waals surface area contributed by atoms with Gasteiger partial charge in [-0.1, -0.05) is 12.1 Å². The van der Waals surface area contributed by atoms with Gasteiger partial charge in [-0.05, 0) is 63.4 Å². The number of benzene rings is 1. The van der Waals surface area contributed by atoms with Gasteiger partial charge in [0.1, 0.15) is 5.75 Å². The minimum Gasteiger partial charge on any atom is -0.491 e. The molecule has 96 valence electrons. The second-order valence-electron chi connectivity index (χ2n) is 4.76. The van der Waals surface area contributed by atoms with E-state index in [9.17, 15) is 0 Å². The van der Waals surface area contributed by atoms with Crippen molar-refractivity contribution >= 4 is 12.4 Å². The Morgan fingerprint density at radius 2 is 1.71 bits per heavy atom. The summed E-state index contributed by atoms with van der Waals surface area (Å²) in [4.78, 5) is 0. The number of hydrogen-bond donors (Lipinski definition) is 1. The van der Waals surface area contributed by atoms with Crippen molar-refractivity contribution in [2.75, 3.05) is 13.1 Å². The Balaban J connectivity index is 0.00000144. The molecule has 0 bridgehead atoms. The highest BCUT2D eigenvalue weighted by Crippen LogP contribution is 2.26. The summed E-state index contributed by atoms with van der Waals surface area (Å²) < 4.78 is 5.64. The quantitative estimate of drug-likeness (QED) is 0.894. The van der Waals surface area contributed by atoms with E-state index >= 15 is 0 Å². The van der Waals surface area contributed by atoms with Gasteiger partial charge in [0, 0.05) is 0 Å². The second-order valence-corrected chi connectivity index (χ2v) is 4.76. The maximum Gasteiger partial charge on any atom is 0.119 e. The normalized spacial score (nSPS) is 16.6. The highest BCUT2D eigenvalue weighted by molar-refractivity contribution is 5.85. The van der Waals surface area contributed by atoms with Gasteiger partial charge in [-0.3, -0.25) is 0 Å². The van der Waals surface area contributed by atoms with Gasteiger partial charge in [-0.2, -0.15) is 0 Å². The van der Waals surface area contributed by atoms with Crippen LogP contribution in [0.3, 0.4) is 0 Å². The molecule has 1 aromatic carbocycles. The molecule has 0 atom stereocenters. The van der Waals surface area contributed by atoms with Crippen LogP contribution in [0.5, 0.6) is 5.75 Å². The summed E-state index contributed by atoms with van der Waals surface area (Å²) in [5.41, 5.74) is 1.46. The zero-order chi connectivity index (χ0) is 11.4. The van der Waals surface area contributed by atoms with Crippen molar-refractivity contribution in [3.05, 3.63) is 29.8 Å². The van der Waals surface area contributed by atoms with Gasteiger partial charge in [0.2, 0.25) is 0 Å². The topological polar surface area (TPSA) is 21.3 Å².